The van der Waals surface area contributed by atoms with Crippen LogP contribution in [0, 0.1) is 0 Å². The number of nitrogens with zero attached hydrogens (tertiary/aromatic N) is 1. The van der Waals surface area contributed by atoms with Crippen LogP contribution in [0.1, 0.15) is 31.2 Å². The molecule has 0 saturated carbocycles. The molecule has 0 aliphatic carbocycles. The number of rotatable bonds is 2. The first-order chi connectivity index (χ1) is 9.75. The topological polar surface area (TPSA) is 41.6 Å². The molecular weight excluding hydrogens is 288 g/mol. The van der Waals surface area contributed by atoms with E-state index in [0.717, 1.165) is 31.7 Å². The standard InChI is InChI=1S/C16H22N2O2.ClH/c1-12-6-8-18(15-5-3-2-4-14(12)15)16(19)10-13-11-17-7-9-20-13;/h2-5,12-13,17H,6-11H2,1H3;1H. The molecule has 3 rings (SSSR count). The van der Waals surface area contributed by atoms with Gasteiger partial charge in [-0.15, -0.1) is 12.4 Å². The van der Waals surface area contributed by atoms with Gasteiger partial charge < -0.3 is 15.0 Å². The van der Waals surface area contributed by atoms with Gasteiger partial charge in [-0.2, -0.15) is 0 Å². The lowest BCUT2D eigenvalue weighted by Crippen LogP contribution is -2.43. The van der Waals surface area contributed by atoms with E-state index in [1.54, 1.807) is 0 Å². The van der Waals surface area contributed by atoms with Crippen LogP contribution in [0.4, 0.5) is 5.69 Å². The van der Waals surface area contributed by atoms with Gasteiger partial charge in [-0.3, -0.25) is 4.79 Å². The van der Waals surface area contributed by atoms with Gasteiger partial charge in [0.05, 0.1) is 19.1 Å². The highest BCUT2D eigenvalue weighted by Crippen LogP contribution is 2.35. The summed E-state index contributed by atoms with van der Waals surface area (Å²) < 4.78 is 5.64. The van der Waals surface area contributed by atoms with Crippen LogP contribution >= 0.6 is 12.4 Å². The van der Waals surface area contributed by atoms with Gasteiger partial charge in [0.25, 0.3) is 0 Å². The van der Waals surface area contributed by atoms with E-state index < -0.39 is 0 Å². The van der Waals surface area contributed by atoms with Crippen molar-refractivity contribution in [3.8, 4) is 0 Å². The van der Waals surface area contributed by atoms with Crippen molar-refractivity contribution in [2.24, 2.45) is 0 Å². The first kappa shape index (κ1) is 16.3. The van der Waals surface area contributed by atoms with Crippen molar-refractivity contribution in [2.45, 2.75) is 31.8 Å². The van der Waals surface area contributed by atoms with Gasteiger partial charge in [0.15, 0.2) is 0 Å². The molecule has 1 amide bonds. The van der Waals surface area contributed by atoms with Crippen molar-refractivity contribution in [3.63, 3.8) is 0 Å². The van der Waals surface area contributed by atoms with Gasteiger partial charge in [-0.25, -0.2) is 0 Å². The first-order valence-electron chi connectivity index (χ1n) is 7.47. The molecule has 0 spiro atoms. The lowest BCUT2D eigenvalue weighted by molar-refractivity contribution is -0.122. The van der Waals surface area contributed by atoms with Crippen molar-refractivity contribution in [3.05, 3.63) is 29.8 Å². The van der Waals surface area contributed by atoms with Crippen LogP contribution in [0.25, 0.3) is 0 Å². The Kier molecular flexibility index (Phi) is 5.62. The Morgan fingerprint density at radius 3 is 3.00 bits per heavy atom. The molecule has 2 heterocycles. The van der Waals surface area contributed by atoms with Crippen LogP contribution in [0.3, 0.4) is 0 Å². The highest BCUT2D eigenvalue weighted by atomic mass is 35.5. The predicted octanol–water partition coefficient (Wildman–Crippen LogP) is 2.33. The number of fused-ring (bicyclic) bond motifs is 1. The molecule has 2 atom stereocenters. The zero-order chi connectivity index (χ0) is 13.9. The molecule has 0 aromatic heterocycles. The Balaban J connectivity index is 0.00000161. The number of hydrogen-bond donors (Lipinski definition) is 1. The first-order valence-corrected chi connectivity index (χ1v) is 7.47. The minimum absolute atomic E-state index is 0. The normalized spacial score (nSPS) is 24.9. The van der Waals surface area contributed by atoms with Gasteiger partial charge >= 0.3 is 0 Å². The lowest BCUT2D eigenvalue weighted by Gasteiger charge is -2.34. The summed E-state index contributed by atoms with van der Waals surface area (Å²) in [5.41, 5.74) is 2.37. The van der Waals surface area contributed by atoms with Crippen LogP contribution in [0.2, 0.25) is 0 Å². The number of anilines is 1. The lowest BCUT2D eigenvalue weighted by atomic mass is 9.91. The Hall–Kier alpha value is -1.10. The number of morpholine rings is 1. The number of benzene rings is 1. The zero-order valence-electron chi connectivity index (χ0n) is 12.4. The number of amides is 1. The summed E-state index contributed by atoms with van der Waals surface area (Å²) in [6.45, 7) is 5.41. The molecule has 5 heteroatoms. The second-order valence-electron chi connectivity index (χ2n) is 5.69. The van der Waals surface area contributed by atoms with Crippen molar-refractivity contribution in [1.29, 1.82) is 0 Å². The van der Waals surface area contributed by atoms with E-state index in [4.69, 9.17) is 4.74 Å². The summed E-state index contributed by atoms with van der Waals surface area (Å²) in [5, 5.41) is 3.27. The van der Waals surface area contributed by atoms with Gasteiger partial charge in [-0.1, -0.05) is 25.1 Å². The highest BCUT2D eigenvalue weighted by Gasteiger charge is 2.28. The third kappa shape index (κ3) is 3.57. The number of hydrogen-bond acceptors (Lipinski definition) is 3. The summed E-state index contributed by atoms with van der Waals surface area (Å²) in [4.78, 5) is 14.5. The molecule has 1 aromatic rings. The number of para-hydroxylation sites is 1. The molecule has 2 aliphatic heterocycles. The van der Waals surface area contributed by atoms with Gasteiger partial charge in [-0.05, 0) is 24.0 Å². The second-order valence-corrected chi connectivity index (χ2v) is 5.69. The van der Waals surface area contributed by atoms with E-state index in [1.807, 2.05) is 11.0 Å². The Bertz CT molecular complexity index is 489. The SMILES string of the molecule is CC1CCN(C(=O)CC2CNCCO2)c2ccccc21.Cl. The number of halogens is 1. The molecule has 0 bridgehead atoms. The third-order valence-electron chi connectivity index (χ3n) is 4.25. The molecule has 2 aliphatic rings. The maximum atomic E-state index is 12.6. The quantitative estimate of drug-likeness (QED) is 0.911. The number of carbonyl (C=O) groups is 1. The summed E-state index contributed by atoms with van der Waals surface area (Å²) in [6.07, 6.45) is 1.52. The highest BCUT2D eigenvalue weighted by molar-refractivity contribution is 5.95. The molecule has 1 saturated heterocycles. The molecule has 1 fully saturated rings. The molecule has 2 unspecified atom stereocenters. The van der Waals surface area contributed by atoms with E-state index in [1.165, 1.54) is 5.56 Å². The summed E-state index contributed by atoms with van der Waals surface area (Å²) in [7, 11) is 0. The average molecular weight is 311 g/mol. The molecule has 21 heavy (non-hydrogen) atoms. The van der Waals surface area contributed by atoms with Crippen molar-refractivity contribution in [1.82, 2.24) is 5.32 Å². The monoisotopic (exact) mass is 310 g/mol. The van der Waals surface area contributed by atoms with Crippen LogP contribution in [-0.2, 0) is 9.53 Å². The zero-order valence-corrected chi connectivity index (χ0v) is 13.2. The number of nitrogens with one attached hydrogen (secondary N) is 1. The fourth-order valence-electron chi connectivity index (χ4n) is 3.06. The van der Waals surface area contributed by atoms with Crippen LogP contribution in [0.5, 0.6) is 0 Å². The Labute approximate surface area is 132 Å². The largest absolute Gasteiger partial charge is 0.375 e. The minimum Gasteiger partial charge on any atom is -0.375 e. The van der Waals surface area contributed by atoms with Crippen molar-refractivity contribution < 1.29 is 9.53 Å². The van der Waals surface area contributed by atoms with Gasteiger partial charge in [0, 0.05) is 25.3 Å². The molecule has 4 nitrogen and oxygen atoms in total. The molecule has 116 valence electrons. The summed E-state index contributed by atoms with van der Waals surface area (Å²) >= 11 is 0. The van der Waals surface area contributed by atoms with Crippen molar-refractivity contribution in [2.75, 3.05) is 31.1 Å². The molecule has 0 radical (unpaired) electrons. The summed E-state index contributed by atoms with van der Waals surface area (Å²) in [6, 6.07) is 8.26. The van der Waals surface area contributed by atoms with Gasteiger partial charge in [0.1, 0.15) is 0 Å². The van der Waals surface area contributed by atoms with Crippen LogP contribution < -0.4 is 10.2 Å². The van der Waals surface area contributed by atoms with E-state index in [9.17, 15) is 4.79 Å². The summed E-state index contributed by atoms with van der Waals surface area (Å²) in [5.74, 6) is 0.709. The fourth-order valence-corrected chi connectivity index (χ4v) is 3.06. The molecule has 1 N–H and O–H groups in total. The second kappa shape index (κ2) is 7.25. The van der Waals surface area contributed by atoms with Crippen LogP contribution in [0.15, 0.2) is 24.3 Å². The predicted molar refractivity (Wildman–Crippen MR) is 86.3 cm³/mol. The van der Waals surface area contributed by atoms with E-state index in [2.05, 4.69) is 30.4 Å². The van der Waals surface area contributed by atoms with E-state index in [0.29, 0.717) is 18.9 Å². The molecular formula is C16H23ClN2O2. The maximum Gasteiger partial charge on any atom is 0.229 e. The Morgan fingerprint density at radius 1 is 1.43 bits per heavy atom. The van der Waals surface area contributed by atoms with E-state index >= 15 is 0 Å². The smallest absolute Gasteiger partial charge is 0.229 e. The number of ether oxygens (including phenoxy) is 1. The molecule has 1 aromatic carbocycles. The number of carbonyl (C=O) groups excluding carboxylic acids is 1. The third-order valence-corrected chi connectivity index (χ3v) is 4.25. The van der Waals surface area contributed by atoms with Gasteiger partial charge in [0.2, 0.25) is 5.91 Å². The maximum absolute atomic E-state index is 12.6. The van der Waals surface area contributed by atoms with Crippen molar-refractivity contribution >= 4 is 24.0 Å². The average Bonchev–Trinajstić information content (AvgIpc) is 2.49. The fraction of sp³-hybridized carbons (Fsp3) is 0.562. The van der Waals surface area contributed by atoms with Crippen LogP contribution in [-0.4, -0.2) is 38.3 Å². The Morgan fingerprint density at radius 2 is 2.24 bits per heavy atom. The van der Waals surface area contributed by atoms with E-state index in [-0.39, 0.29) is 24.4 Å². The minimum atomic E-state index is 0.